The van der Waals surface area contributed by atoms with E-state index in [9.17, 15) is 14.0 Å². The third-order valence-corrected chi connectivity index (χ3v) is 5.64. The van der Waals surface area contributed by atoms with Crippen LogP contribution in [-0.2, 0) is 9.47 Å². The van der Waals surface area contributed by atoms with Crippen molar-refractivity contribution in [1.82, 2.24) is 4.90 Å². The number of carbonyl (C=O) groups excluding carboxylic acids is 2. The van der Waals surface area contributed by atoms with Gasteiger partial charge >= 0.3 is 12.1 Å². The number of carbonyl (C=O) groups is 2. The molecule has 6 nitrogen and oxygen atoms in total. The van der Waals surface area contributed by atoms with Gasteiger partial charge in [0, 0.05) is 26.2 Å². The summed E-state index contributed by atoms with van der Waals surface area (Å²) in [5.41, 5.74) is -0.0561. The SMILES string of the molecule is COC(=O)c1cccc(N2CCC3(CCN(C(=O)OC(C)(C)C)C3)CC2)c1F. The van der Waals surface area contributed by atoms with E-state index in [1.54, 1.807) is 17.0 Å². The molecule has 1 amide bonds. The molecule has 1 aromatic rings. The van der Waals surface area contributed by atoms with E-state index >= 15 is 0 Å². The van der Waals surface area contributed by atoms with Crippen molar-refractivity contribution in [2.24, 2.45) is 5.41 Å². The van der Waals surface area contributed by atoms with E-state index in [0.29, 0.717) is 31.9 Å². The quantitative estimate of drug-likeness (QED) is 0.716. The molecule has 0 aliphatic carbocycles. The summed E-state index contributed by atoms with van der Waals surface area (Å²) in [6.07, 6.45) is 2.41. The fraction of sp³-hybridized carbons (Fsp3) is 0.619. The number of halogens is 1. The van der Waals surface area contributed by atoms with Crippen LogP contribution in [0.4, 0.5) is 14.9 Å². The molecule has 3 rings (SSSR count). The number of hydrogen-bond acceptors (Lipinski definition) is 5. The maximum atomic E-state index is 14.8. The topological polar surface area (TPSA) is 59.1 Å². The van der Waals surface area contributed by atoms with Crippen molar-refractivity contribution in [2.75, 3.05) is 38.2 Å². The molecular weight excluding hydrogens is 363 g/mol. The minimum atomic E-state index is -0.670. The van der Waals surface area contributed by atoms with Crippen LogP contribution < -0.4 is 4.90 Å². The summed E-state index contributed by atoms with van der Waals surface area (Å²) < 4.78 is 24.9. The third-order valence-electron chi connectivity index (χ3n) is 5.64. The number of likely N-dealkylation sites (tertiary alicyclic amines) is 1. The molecule has 1 spiro atoms. The Kier molecular flexibility index (Phi) is 5.55. The summed E-state index contributed by atoms with van der Waals surface area (Å²) in [5, 5.41) is 0. The van der Waals surface area contributed by atoms with Gasteiger partial charge in [-0.2, -0.15) is 0 Å². The number of ether oxygens (including phenoxy) is 2. The molecule has 0 atom stereocenters. The molecule has 0 bridgehead atoms. The van der Waals surface area contributed by atoms with E-state index in [4.69, 9.17) is 4.74 Å². The fourth-order valence-electron chi connectivity index (χ4n) is 4.08. The highest BCUT2D eigenvalue weighted by Crippen LogP contribution is 2.42. The van der Waals surface area contributed by atoms with Gasteiger partial charge in [0.2, 0.25) is 0 Å². The van der Waals surface area contributed by atoms with E-state index in [2.05, 4.69) is 4.74 Å². The predicted molar refractivity (Wildman–Crippen MR) is 104 cm³/mol. The minimum Gasteiger partial charge on any atom is -0.465 e. The minimum absolute atomic E-state index is 0.0442. The van der Waals surface area contributed by atoms with Crippen molar-refractivity contribution in [3.05, 3.63) is 29.6 Å². The molecule has 1 aromatic carbocycles. The Morgan fingerprint density at radius 1 is 1.11 bits per heavy atom. The van der Waals surface area contributed by atoms with Crippen LogP contribution in [0.1, 0.15) is 50.4 Å². The zero-order valence-electron chi connectivity index (χ0n) is 17.1. The Morgan fingerprint density at radius 3 is 2.36 bits per heavy atom. The van der Waals surface area contributed by atoms with Crippen LogP contribution in [0.3, 0.4) is 0 Å². The first kappa shape index (κ1) is 20.4. The predicted octanol–water partition coefficient (Wildman–Crippen LogP) is 3.84. The Bertz CT molecular complexity index is 751. The van der Waals surface area contributed by atoms with Crippen LogP contribution in [0.25, 0.3) is 0 Å². The van der Waals surface area contributed by atoms with Gasteiger partial charge in [-0.25, -0.2) is 14.0 Å². The maximum absolute atomic E-state index is 14.8. The lowest BCUT2D eigenvalue weighted by atomic mass is 9.77. The van der Waals surface area contributed by atoms with Crippen LogP contribution in [-0.4, -0.2) is 55.9 Å². The molecule has 28 heavy (non-hydrogen) atoms. The van der Waals surface area contributed by atoms with E-state index in [1.165, 1.54) is 13.2 Å². The highest BCUT2D eigenvalue weighted by atomic mass is 19.1. The van der Waals surface area contributed by atoms with Crippen molar-refractivity contribution in [3.63, 3.8) is 0 Å². The molecular formula is C21H29FN2O4. The first-order valence-corrected chi connectivity index (χ1v) is 9.74. The molecule has 2 heterocycles. The van der Waals surface area contributed by atoms with Gasteiger partial charge < -0.3 is 19.3 Å². The van der Waals surface area contributed by atoms with Crippen molar-refractivity contribution in [1.29, 1.82) is 0 Å². The number of hydrogen-bond donors (Lipinski definition) is 0. The number of amides is 1. The largest absolute Gasteiger partial charge is 0.465 e. The molecule has 0 saturated carbocycles. The third kappa shape index (κ3) is 4.23. The summed E-state index contributed by atoms with van der Waals surface area (Å²) >= 11 is 0. The zero-order valence-corrected chi connectivity index (χ0v) is 17.1. The summed E-state index contributed by atoms with van der Waals surface area (Å²) in [6.45, 7) is 8.35. The second-order valence-corrected chi connectivity index (χ2v) is 8.77. The van der Waals surface area contributed by atoms with Crippen molar-refractivity contribution >= 4 is 17.7 Å². The van der Waals surface area contributed by atoms with Gasteiger partial charge in [0.25, 0.3) is 0 Å². The number of benzene rings is 1. The number of anilines is 1. The molecule has 7 heteroatoms. The fourth-order valence-corrected chi connectivity index (χ4v) is 4.08. The molecule has 2 fully saturated rings. The summed E-state index contributed by atoms with van der Waals surface area (Å²) in [4.78, 5) is 27.9. The normalized spacial score (nSPS) is 19.0. The van der Waals surface area contributed by atoms with Gasteiger partial charge in [0.15, 0.2) is 5.82 Å². The van der Waals surface area contributed by atoms with Crippen LogP contribution in [0, 0.1) is 11.2 Å². The average Bonchev–Trinajstić information content (AvgIpc) is 3.05. The Labute approximate surface area is 165 Å². The van der Waals surface area contributed by atoms with E-state index in [1.807, 2.05) is 25.7 Å². The second-order valence-electron chi connectivity index (χ2n) is 8.77. The van der Waals surface area contributed by atoms with Crippen LogP contribution in [0.2, 0.25) is 0 Å². The molecule has 0 aromatic heterocycles. The first-order chi connectivity index (χ1) is 13.1. The first-order valence-electron chi connectivity index (χ1n) is 9.74. The van der Waals surface area contributed by atoms with E-state index in [-0.39, 0.29) is 17.1 Å². The average molecular weight is 392 g/mol. The smallest absolute Gasteiger partial charge is 0.410 e. The molecule has 0 radical (unpaired) electrons. The summed E-state index contributed by atoms with van der Waals surface area (Å²) in [7, 11) is 1.25. The van der Waals surface area contributed by atoms with E-state index < -0.39 is 17.4 Å². The van der Waals surface area contributed by atoms with Gasteiger partial charge in [-0.3, -0.25) is 0 Å². The molecule has 2 saturated heterocycles. The van der Waals surface area contributed by atoms with Crippen LogP contribution in [0.15, 0.2) is 18.2 Å². The van der Waals surface area contributed by atoms with Crippen molar-refractivity contribution in [3.8, 4) is 0 Å². The molecule has 0 N–H and O–H groups in total. The number of rotatable bonds is 2. The van der Waals surface area contributed by atoms with Gasteiger partial charge in [0.05, 0.1) is 18.4 Å². The highest BCUT2D eigenvalue weighted by Gasteiger charge is 2.43. The van der Waals surface area contributed by atoms with Gasteiger partial charge in [0.1, 0.15) is 5.60 Å². The lowest BCUT2D eigenvalue weighted by molar-refractivity contribution is 0.0266. The summed E-state index contributed by atoms with van der Waals surface area (Å²) in [5.74, 6) is -1.20. The molecule has 2 aliphatic rings. The Hall–Kier alpha value is -2.31. The molecule has 154 valence electrons. The maximum Gasteiger partial charge on any atom is 0.410 e. The molecule has 2 aliphatic heterocycles. The number of methoxy groups -OCH3 is 1. The number of piperidine rings is 1. The number of nitrogens with zero attached hydrogens (tertiary/aromatic N) is 2. The lowest BCUT2D eigenvalue weighted by Crippen LogP contribution is -2.43. The number of esters is 1. The van der Waals surface area contributed by atoms with Crippen LogP contribution in [0.5, 0.6) is 0 Å². The standard InChI is InChI=1S/C21H29FN2O4/c1-20(2,3)28-19(26)24-13-10-21(14-24)8-11-23(12-9-21)16-7-5-6-15(17(16)22)18(25)27-4/h5-7H,8-14H2,1-4H3. The lowest BCUT2D eigenvalue weighted by Gasteiger charge is -2.40. The monoisotopic (exact) mass is 392 g/mol. The second kappa shape index (κ2) is 7.60. The van der Waals surface area contributed by atoms with Gasteiger partial charge in [-0.15, -0.1) is 0 Å². The van der Waals surface area contributed by atoms with Crippen molar-refractivity contribution in [2.45, 2.75) is 45.6 Å². The van der Waals surface area contributed by atoms with Crippen LogP contribution >= 0.6 is 0 Å². The van der Waals surface area contributed by atoms with Gasteiger partial charge in [-0.1, -0.05) is 6.07 Å². The molecule has 0 unspecified atom stereocenters. The summed E-state index contributed by atoms with van der Waals surface area (Å²) in [6, 6.07) is 4.81. The van der Waals surface area contributed by atoms with E-state index in [0.717, 1.165) is 19.3 Å². The Morgan fingerprint density at radius 2 is 1.75 bits per heavy atom. The highest BCUT2D eigenvalue weighted by molar-refractivity contribution is 5.91. The zero-order chi connectivity index (χ0) is 20.5. The van der Waals surface area contributed by atoms with Gasteiger partial charge in [-0.05, 0) is 57.6 Å². The van der Waals surface area contributed by atoms with Crippen molar-refractivity contribution < 1.29 is 23.5 Å². The Balaban J connectivity index is 1.64.